The third-order valence-corrected chi connectivity index (χ3v) is 10.4. The maximum absolute atomic E-state index is 12.7. The Morgan fingerprint density at radius 2 is 0.618 bits per heavy atom. The first-order valence-corrected chi connectivity index (χ1v) is 23.8. The summed E-state index contributed by atoms with van der Waals surface area (Å²) in [5.41, 5.74) is 0. The summed E-state index contributed by atoms with van der Waals surface area (Å²) in [5.74, 6) is -0.887. The van der Waals surface area contributed by atoms with Gasteiger partial charge in [0.15, 0.2) is 6.10 Å². The molecule has 0 heterocycles. The van der Waals surface area contributed by atoms with Gasteiger partial charge in [-0.2, -0.15) is 0 Å². The highest BCUT2D eigenvalue weighted by atomic mass is 16.6. The number of esters is 3. The molecular formula is C49H90O6. The smallest absolute Gasteiger partial charge is 0.306 e. The van der Waals surface area contributed by atoms with Gasteiger partial charge in [0.05, 0.1) is 0 Å². The van der Waals surface area contributed by atoms with Gasteiger partial charge in [0.1, 0.15) is 13.2 Å². The molecule has 0 aliphatic rings. The van der Waals surface area contributed by atoms with Crippen LogP contribution in [-0.4, -0.2) is 37.2 Å². The summed E-state index contributed by atoms with van der Waals surface area (Å²) in [5, 5.41) is 0. The summed E-state index contributed by atoms with van der Waals surface area (Å²) < 4.78 is 16.7. The van der Waals surface area contributed by atoms with E-state index in [1.807, 2.05) is 0 Å². The van der Waals surface area contributed by atoms with Gasteiger partial charge in [0, 0.05) is 19.3 Å². The molecule has 6 nitrogen and oxygen atoms in total. The Hall–Kier alpha value is -2.11. The minimum Gasteiger partial charge on any atom is -0.462 e. The maximum Gasteiger partial charge on any atom is 0.306 e. The van der Waals surface area contributed by atoms with Crippen molar-refractivity contribution in [1.29, 1.82) is 0 Å². The number of hydrogen-bond acceptors (Lipinski definition) is 6. The molecule has 0 unspecified atom stereocenters. The van der Waals surface area contributed by atoms with Gasteiger partial charge in [-0.1, -0.05) is 199 Å². The molecule has 0 radical (unpaired) electrons. The molecule has 0 amide bonds. The number of carbonyl (C=O) groups excluding carboxylic acids is 3. The molecular weight excluding hydrogens is 685 g/mol. The van der Waals surface area contributed by atoms with E-state index < -0.39 is 6.10 Å². The van der Waals surface area contributed by atoms with Crippen LogP contribution in [0.1, 0.15) is 252 Å². The minimum atomic E-state index is -0.771. The lowest BCUT2D eigenvalue weighted by atomic mass is 10.0. The molecule has 0 N–H and O–H groups in total. The van der Waals surface area contributed by atoms with Crippen LogP contribution in [-0.2, 0) is 28.6 Å². The first-order chi connectivity index (χ1) is 27.0. The number of unbranched alkanes of at least 4 members (excludes halogenated alkanes) is 28. The molecule has 0 spiro atoms. The highest BCUT2D eigenvalue weighted by Crippen LogP contribution is 2.15. The molecule has 55 heavy (non-hydrogen) atoms. The molecule has 0 rings (SSSR count). The highest BCUT2D eigenvalue weighted by Gasteiger charge is 2.19. The number of hydrogen-bond donors (Lipinski definition) is 0. The molecule has 322 valence electrons. The first-order valence-electron chi connectivity index (χ1n) is 23.8. The molecule has 0 aliphatic heterocycles. The molecule has 0 aromatic rings. The van der Waals surface area contributed by atoms with Crippen LogP contribution in [0.2, 0.25) is 0 Å². The quantitative estimate of drug-likeness (QED) is 0.0266. The number of carbonyl (C=O) groups is 3. The van der Waals surface area contributed by atoms with E-state index in [0.717, 1.165) is 70.6 Å². The zero-order chi connectivity index (χ0) is 40.1. The summed E-state index contributed by atoms with van der Waals surface area (Å²) in [4.78, 5) is 37.7. The Bertz CT molecular complexity index is 848. The van der Waals surface area contributed by atoms with E-state index in [9.17, 15) is 14.4 Å². The van der Waals surface area contributed by atoms with E-state index in [1.54, 1.807) is 0 Å². The standard InChI is InChI=1S/C49H90O6/c1-4-7-10-13-16-19-22-23-24-25-28-31-34-37-40-43-49(52)55-46(44-53-47(50)41-38-35-32-29-26-20-17-14-11-8-5-2)45-54-48(51)42-39-36-33-30-27-21-18-15-12-9-6-3/h14-15,17-18,46H,4-13,16,19-45H2,1-3H3/b17-14-,18-15-. The number of ether oxygens (including phenoxy) is 3. The predicted molar refractivity (Wildman–Crippen MR) is 233 cm³/mol. The van der Waals surface area contributed by atoms with E-state index in [-0.39, 0.29) is 31.1 Å². The fourth-order valence-corrected chi connectivity index (χ4v) is 6.76. The van der Waals surface area contributed by atoms with E-state index in [4.69, 9.17) is 14.2 Å². The lowest BCUT2D eigenvalue weighted by molar-refractivity contribution is -0.167. The van der Waals surface area contributed by atoms with Crippen molar-refractivity contribution in [2.24, 2.45) is 0 Å². The van der Waals surface area contributed by atoms with Crippen molar-refractivity contribution in [3.05, 3.63) is 24.3 Å². The lowest BCUT2D eigenvalue weighted by Gasteiger charge is -2.18. The topological polar surface area (TPSA) is 78.9 Å². The minimum absolute atomic E-state index is 0.0754. The van der Waals surface area contributed by atoms with E-state index >= 15 is 0 Å². The molecule has 0 saturated heterocycles. The Morgan fingerprint density at radius 3 is 0.964 bits per heavy atom. The zero-order valence-corrected chi connectivity index (χ0v) is 36.7. The van der Waals surface area contributed by atoms with Crippen molar-refractivity contribution in [1.82, 2.24) is 0 Å². The van der Waals surface area contributed by atoms with Gasteiger partial charge >= 0.3 is 17.9 Å². The van der Waals surface area contributed by atoms with Crippen LogP contribution in [0.3, 0.4) is 0 Å². The summed E-state index contributed by atoms with van der Waals surface area (Å²) in [6.07, 6.45) is 48.7. The first kappa shape index (κ1) is 52.9. The summed E-state index contributed by atoms with van der Waals surface area (Å²) in [6.45, 7) is 6.56. The second kappa shape index (κ2) is 44.6. The van der Waals surface area contributed by atoms with Crippen molar-refractivity contribution in [2.75, 3.05) is 13.2 Å². The van der Waals surface area contributed by atoms with E-state index in [1.165, 1.54) is 141 Å². The van der Waals surface area contributed by atoms with Crippen LogP contribution in [0, 0.1) is 0 Å². The molecule has 0 bridgehead atoms. The van der Waals surface area contributed by atoms with Gasteiger partial charge in [-0.15, -0.1) is 0 Å². The lowest BCUT2D eigenvalue weighted by Crippen LogP contribution is -2.30. The van der Waals surface area contributed by atoms with Gasteiger partial charge in [-0.25, -0.2) is 0 Å². The van der Waals surface area contributed by atoms with Crippen LogP contribution < -0.4 is 0 Å². The molecule has 0 aromatic carbocycles. The Labute approximate surface area is 341 Å². The van der Waals surface area contributed by atoms with Gasteiger partial charge in [0.25, 0.3) is 0 Å². The normalized spacial score (nSPS) is 11.6. The second-order valence-electron chi connectivity index (χ2n) is 16.0. The average molecular weight is 775 g/mol. The fraction of sp³-hybridized carbons (Fsp3) is 0.857. The van der Waals surface area contributed by atoms with Crippen LogP contribution in [0.5, 0.6) is 0 Å². The molecule has 0 saturated carbocycles. The Morgan fingerprint density at radius 1 is 0.345 bits per heavy atom. The van der Waals surface area contributed by atoms with Crippen LogP contribution in [0.4, 0.5) is 0 Å². The molecule has 0 fully saturated rings. The fourth-order valence-electron chi connectivity index (χ4n) is 6.76. The van der Waals surface area contributed by atoms with Gasteiger partial charge < -0.3 is 14.2 Å². The van der Waals surface area contributed by atoms with Crippen molar-refractivity contribution in [3.63, 3.8) is 0 Å². The Kier molecular flexibility index (Phi) is 42.9. The molecule has 0 aromatic heterocycles. The molecule has 6 heteroatoms. The third kappa shape index (κ3) is 42.9. The summed E-state index contributed by atoms with van der Waals surface area (Å²) in [6, 6.07) is 0. The average Bonchev–Trinajstić information content (AvgIpc) is 3.18. The maximum atomic E-state index is 12.7. The molecule has 0 aliphatic carbocycles. The predicted octanol–water partition coefficient (Wildman–Crippen LogP) is 15.2. The third-order valence-electron chi connectivity index (χ3n) is 10.4. The highest BCUT2D eigenvalue weighted by molar-refractivity contribution is 5.71. The van der Waals surface area contributed by atoms with Crippen molar-refractivity contribution >= 4 is 17.9 Å². The summed E-state index contributed by atoms with van der Waals surface area (Å²) >= 11 is 0. The SMILES string of the molecule is CCCC/C=C\CCCCCCCC(=O)OCC(COC(=O)CCCCCCC/C=C\CCCC)OC(=O)CCCCCCCCCCCCCCCCC. The number of rotatable bonds is 43. The zero-order valence-electron chi connectivity index (χ0n) is 36.7. The summed E-state index contributed by atoms with van der Waals surface area (Å²) in [7, 11) is 0. The van der Waals surface area contributed by atoms with E-state index in [0.29, 0.717) is 19.3 Å². The van der Waals surface area contributed by atoms with Gasteiger partial charge in [-0.05, 0) is 57.8 Å². The van der Waals surface area contributed by atoms with E-state index in [2.05, 4.69) is 45.1 Å². The van der Waals surface area contributed by atoms with Crippen molar-refractivity contribution in [3.8, 4) is 0 Å². The number of allylic oxidation sites excluding steroid dienone is 4. The van der Waals surface area contributed by atoms with Gasteiger partial charge in [0.2, 0.25) is 0 Å². The molecule has 0 atom stereocenters. The monoisotopic (exact) mass is 775 g/mol. The second-order valence-corrected chi connectivity index (χ2v) is 16.0. The largest absolute Gasteiger partial charge is 0.462 e. The van der Waals surface area contributed by atoms with Gasteiger partial charge in [-0.3, -0.25) is 14.4 Å². The van der Waals surface area contributed by atoms with Crippen LogP contribution in [0.15, 0.2) is 24.3 Å². The van der Waals surface area contributed by atoms with Crippen LogP contribution in [0.25, 0.3) is 0 Å². The Balaban J connectivity index is 4.35. The van der Waals surface area contributed by atoms with Crippen molar-refractivity contribution in [2.45, 2.75) is 258 Å². The van der Waals surface area contributed by atoms with Crippen LogP contribution >= 0.6 is 0 Å². The van der Waals surface area contributed by atoms with Crippen molar-refractivity contribution < 1.29 is 28.6 Å².